The van der Waals surface area contributed by atoms with E-state index in [0.717, 1.165) is 0 Å². The Bertz CT molecular complexity index is 4670. The highest BCUT2D eigenvalue weighted by molar-refractivity contribution is 5.95. The Kier molecular flexibility index (Phi) is 12.6. The van der Waals surface area contributed by atoms with Crippen molar-refractivity contribution >= 4 is 17.1 Å². The van der Waals surface area contributed by atoms with E-state index in [1.807, 2.05) is 0 Å². The van der Waals surface area contributed by atoms with Crippen LogP contribution in [-0.2, 0) is 32.5 Å². The van der Waals surface area contributed by atoms with Gasteiger partial charge in [-0.25, -0.2) is 0 Å². The van der Waals surface area contributed by atoms with E-state index in [1.165, 1.54) is 178 Å². The number of anilines is 3. The van der Waals surface area contributed by atoms with E-state index in [1.54, 1.807) is 0 Å². The van der Waals surface area contributed by atoms with Gasteiger partial charge in [0, 0.05) is 49.6 Å². The predicted octanol–water partition coefficient (Wildman–Crippen LogP) is 23.9. The summed E-state index contributed by atoms with van der Waals surface area (Å²) in [5.41, 5.74) is 44.1. The third kappa shape index (κ3) is 8.19. The highest BCUT2D eigenvalue weighted by Crippen LogP contribution is 2.60. The molecule has 0 aromatic heterocycles. The zero-order valence-electron chi connectivity index (χ0n) is 56.1. The smallest absolute Gasteiger partial charge is 0.0467 e. The van der Waals surface area contributed by atoms with E-state index >= 15 is 0 Å². The lowest BCUT2D eigenvalue weighted by molar-refractivity contribution is 0.651. The normalized spacial score (nSPS) is 16.6. The summed E-state index contributed by atoms with van der Waals surface area (Å²) in [6, 6.07) is 78.4. The van der Waals surface area contributed by atoms with E-state index in [2.05, 4.69) is 329 Å². The third-order valence-electron chi connectivity index (χ3n) is 22.6. The fraction of sp³-hybridized carbons (Fsp3) is 0.258. The molecule has 0 amide bonds. The second-order valence-electron chi connectivity index (χ2n) is 30.5. The minimum absolute atomic E-state index is 0.0595. The van der Waals surface area contributed by atoms with Crippen LogP contribution in [0.3, 0.4) is 0 Å². The highest BCUT2D eigenvalue weighted by atomic mass is 15.1. The molecule has 0 saturated carbocycles. The Morgan fingerprint density at radius 3 is 0.844 bits per heavy atom. The number of aryl methyl sites for hydroxylation is 5. The number of fused-ring (bicyclic) bond motifs is 18. The lowest BCUT2D eigenvalue weighted by Crippen LogP contribution is -2.19. The number of nitrogens with zero attached hydrogens (tertiary/aromatic N) is 1. The molecular formula is C89H85N. The Labute approximate surface area is 536 Å². The monoisotopic (exact) mass is 1170 g/mol. The van der Waals surface area contributed by atoms with Crippen LogP contribution in [0.25, 0.3) is 66.8 Å². The molecule has 0 N–H and O–H groups in total. The first kappa shape index (κ1) is 57.6. The fourth-order valence-electron chi connectivity index (χ4n) is 17.6. The van der Waals surface area contributed by atoms with Crippen LogP contribution in [0.5, 0.6) is 0 Å². The van der Waals surface area contributed by atoms with Gasteiger partial charge in [0.2, 0.25) is 0 Å². The van der Waals surface area contributed by atoms with Crippen molar-refractivity contribution in [2.24, 2.45) is 0 Å². The van der Waals surface area contributed by atoms with Gasteiger partial charge in [-0.1, -0.05) is 258 Å². The molecule has 0 aliphatic heterocycles. The number of rotatable bonds is 3. The van der Waals surface area contributed by atoms with Crippen molar-refractivity contribution in [2.75, 3.05) is 4.90 Å². The van der Waals surface area contributed by atoms with Crippen LogP contribution in [0, 0.1) is 34.6 Å². The Hall–Kier alpha value is -8.78. The molecule has 0 saturated heterocycles. The molecular weight excluding hydrogens is 1080 g/mol. The summed E-state index contributed by atoms with van der Waals surface area (Å²) in [5.74, 6) is 0. The number of hydrogen-bond acceptors (Lipinski definition) is 1. The average molecular weight is 1170 g/mol. The summed E-state index contributed by atoms with van der Waals surface area (Å²) in [4.78, 5) is 2.55. The first-order valence-corrected chi connectivity index (χ1v) is 32.9. The minimum atomic E-state index is -0.180. The zero-order chi connectivity index (χ0) is 63.1. The maximum atomic E-state index is 2.57. The quantitative estimate of drug-likeness (QED) is 0.170. The minimum Gasteiger partial charge on any atom is -0.310 e. The van der Waals surface area contributed by atoms with Gasteiger partial charge in [-0.05, 0) is 228 Å². The molecule has 0 radical (unpaired) electrons. The molecule has 0 unspecified atom stereocenters. The second-order valence-corrected chi connectivity index (χ2v) is 30.5. The molecule has 0 heterocycles. The van der Waals surface area contributed by atoms with Crippen molar-refractivity contribution in [3.05, 3.63) is 301 Å². The number of benzene rings is 11. The molecule has 0 spiro atoms. The van der Waals surface area contributed by atoms with E-state index < -0.39 is 0 Å². The Morgan fingerprint density at radius 2 is 0.467 bits per heavy atom. The van der Waals surface area contributed by atoms with Gasteiger partial charge in [0.05, 0.1) is 0 Å². The molecule has 17 rings (SSSR count). The van der Waals surface area contributed by atoms with Gasteiger partial charge in [0.1, 0.15) is 0 Å². The molecule has 6 aliphatic rings. The van der Waals surface area contributed by atoms with Crippen molar-refractivity contribution in [3.63, 3.8) is 0 Å². The van der Waals surface area contributed by atoms with Gasteiger partial charge >= 0.3 is 0 Å². The fourth-order valence-corrected chi connectivity index (χ4v) is 17.6. The van der Waals surface area contributed by atoms with E-state index in [4.69, 9.17) is 0 Å². The first-order chi connectivity index (χ1) is 42.7. The topological polar surface area (TPSA) is 3.24 Å². The van der Waals surface area contributed by atoms with Crippen LogP contribution in [0.15, 0.2) is 206 Å². The molecule has 6 aliphatic carbocycles. The zero-order valence-corrected chi connectivity index (χ0v) is 56.1. The van der Waals surface area contributed by atoms with E-state index in [0.29, 0.717) is 0 Å². The van der Waals surface area contributed by atoms with Crippen LogP contribution in [0.1, 0.15) is 178 Å². The third-order valence-corrected chi connectivity index (χ3v) is 22.6. The number of hydrogen-bond donors (Lipinski definition) is 0. The summed E-state index contributed by atoms with van der Waals surface area (Å²) < 4.78 is 0. The second kappa shape index (κ2) is 19.6. The van der Waals surface area contributed by atoms with E-state index in [9.17, 15) is 0 Å². The summed E-state index contributed by atoms with van der Waals surface area (Å²) in [5, 5.41) is 0. The first-order valence-electron chi connectivity index (χ1n) is 32.9. The van der Waals surface area contributed by atoms with Crippen molar-refractivity contribution < 1.29 is 0 Å². The highest BCUT2D eigenvalue weighted by Gasteiger charge is 2.45. The lowest BCUT2D eigenvalue weighted by atomic mass is 9.79. The molecule has 0 atom stereocenters. The summed E-state index contributed by atoms with van der Waals surface area (Å²) in [6.07, 6.45) is 0. The van der Waals surface area contributed by atoms with Gasteiger partial charge in [-0.15, -0.1) is 0 Å². The molecule has 0 fully saturated rings. The lowest BCUT2D eigenvalue weighted by Gasteiger charge is -2.31. The Balaban J connectivity index is 0.000000170. The van der Waals surface area contributed by atoms with Gasteiger partial charge in [-0.3, -0.25) is 0 Å². The summed E-state index contributed by atoms with van der Waals surface area (Å²) in [6.45, 7) is 39.8. The predicted molar refractivity (Wildman–Crippen MR) is 383 cm³/mol. The molecule has 446 valence electrons. The maximum Gasteiger partial charge on any atom is 0.0467 e. The van der Waals surface area contributed by atoms with Crippen LogP contribution < -0.4 is 4.90 Å². The molecule has 1 nitrogen and oxygen atoms in total. The average Bonchev–Trinajstić information content (AvgIpc) is 1.54. The molecule has 90 heavy (non-hydrogen) atoms. The van der Waals surface area contributed by atoms with Gasteiger partial charge in [0.25, 0.3) is 0 Å². The van der Waals surface area contributed by atoms with Crippen molar-refractivity contribution in [2.45, 2.75) is 150 Å². The molecule has 11 aromatic carbocycles. The van der Waals surface area contributed by atoms with Crippen molar-refractivity contribution in [1.82, 2.24) is 0 Å². The molecule has 1 heteroatoms. The largest absolute Gasteiger partial charge is 0.310 e. The molecule has 11 aromatic rings. The van der Waals surface area contributed by atoms with Crippen molar-refractivity contribution in [1.29, 1.82) is 0 Å². The standard InChI is InChI=1S/C57H53N.2C16H16/c1-32-24-33(2)52-42-30-49-43(31-48(42)56(8,9)50(52)25-32)53-34(3)26-37(29-51(53)57(49,10)11)58(35-20-22-40-38-16-12-14-18-44(38)54(4,5)46(40)27-35)36-21-23-41-39-17-13-15-19-45(39)55(6,7)47(41)28-36;2*1-11-8-9-13-12-6-4-5-7-14(12)16(2,3)15(13)10-11/h12-31H,1-11H3;2*4-10H,1-3H3. The van der Waals surface area contributed by atoms with Crippen LogP contribution in [0.2, 0.25) is 0 Å². The Morgan fingerprint density at radius 1 is 0.200 bits per heavy atom. The van der Waals surface area contributed by atoms with Crippen molar-refractivity contribution in [3.8, 4) is 66.8 Å². The SMILES string of the molecule is Cc1cc(C)c2c(c1)C(C)(C)c1cc3c(cc1-2)C(C)(C)c1cc(N(c2ccc4c(c2)C(C)(C)c2ccccc2-4)c2ccc4c(c2)C(C)(C)c2ccccc2-4)cc(C)c1-3.Cc1ccc2c(c1)C(C)(C)c1ccccc1-2.Cc1ccc2c(c1)C(C)(C)c1ccccc1-2. The summed E-state index contributed by atoms with van der Waals surface area (Å²) >= 11 is 0. The van der Waals surface area contributed by atoms with Gasteiger partial charge in [0.15, 0.2) is 0 Å². The molecule has 0 bridgehead atoms. The van der Waals surface area contributed by atoms with Crippen LogP contribution >= 0.6 is 0 Å². The van der Waals surface area contributed by atoms with Crippen LogP contribution in [0.4, 0.5) is 17.1 Å². The van der Waals surface area contributed by atoms with E-state index in [-0.39, 0.29) is 32.5 Å². The van der Waals surface area contributed by atoms with Crippen LogP contribution in [-0.4, -0.2) is 0 Å². The maximum absolute atomic E-state index is 2.57. The summed E-state index contributed by atoms with van der Waals surface area (Å²) in [7, 11) is 0. The van der Waals surface area contributed by atoms with Gasteiger partial charge < -0.3 is 4.90 Å². The van der Waals surface area contributed by atoms with Gasteiger partial charge in [-0.2, -0.15) is 0 Å².